The van der Waals surface area contributed by atoms with E-state index in [1.165, 1.54) is 6.92 Å². The zero-order chi connectivity index (χ0) is 8.15. The van der Waals surface area contributed by atoms with Gasteiger partial charge in [0.1, 0.15) is 6.04 Å². The van der Waals surface area contributed by atoms with Crippen LogP contribution in [0.3, 0.4) is 0 Å². The molecule has 1 atom stereocenters. The number of hydrogen-bond donors (Lipinski definition) is 3. The van der Waals surface area contributed by atoms with Gasteiger partial charge >= 0.3 is 5.97 Å². The van der Waals surface area contributed by atoms with Crippen molar-refractivity contribution in [1.29, 1.82) is 0 Å². The van der Waals surface area contributed by atoms with Crippen molar-refractivity contribution >= 4 is 24.5 Å². The van der Waals surface area contributed by atoms with Crippen LogP contribution in [0.5, 0.6) is 0 Å². The van der Waals surface area contributed by atoms with Gasteiger partial charge in [-0.2, -0.15) is 12.6 Å². The topological polar surface area (TPSA) is 66.4 Å². The van der Waals surface area contributed by atoms with Crippen molar-refractivity contribution in [3.63, 3.8) is 0 Å². The van der Waals surface area contributed by atoms with Gasteiger partial charge in [0.25, 0.3) is 0 Å². The monoisotopic (exact) mass is 218 g/mol. The van der Waals surface area contributed by atoms with E-state index in [0.717, 1.165) is 0 Å². The predicted octanol–water partition coefficient (Wildman–Crippen LogP) is -0.497. The number of carbonyl (C=O) groups excluding carboxylic acids is 1. The second-order valence-electron chi connectivity index (χ2n) is 1.77. The fourth-order valence-electron chi connectivity index (χ4n) is 0.431. The maximum absolute atomic E-state index is 10.3. The van der Waals surface area contributed by atoms with Crippen molar-refractivity contribution in [3.8, 4) is 0 Å². The van der Waals surface area contributed by atoms with Crippen molar-refractivity contribution in [2.75, 3.05) is 5.75 Å². The number of carboxylic acid groups (broad SMARTS) is 1. The van der Waals surface area contributed by atoms with E-state index < -0.39 is 12.0 Å². The van der Waals surface area contributed by atoms with Gasteiger partial charge in [0.15, 0.2) is 0 Å². The summed E-state index contributed by atoms with van der Waals surface area (Å²) in [6.07, 6.45) is 0. The van der Waals surface area contributed by atoms with Gasteiger partial charge in [-0.15, -0.1) is 0 Å². The molecule has 65 valence electrons. The average molecular weight is 218 g/mol. The van der Waals surface area contributed by atoms with Crippen LogP contribution in [0.2, 0.25) is 0 Å². The summed E-state index contributed by atoms with van der Waals surface area (Å²) in [6.45, 7) is 1.26. The Balaban J connectivity index is 0. The largest absolute Gasteiger partial charge is 0.480 e. The number of carbonyl (C=O) groups is 2. The van der Waals surface area contributed by atoms with Crippen molar-refractivity contribution in [3.05, 3.63) is 0 Å². The van der Waals surface area contributed by atoms with Gasteiger partial charge in [0.05, 0.1) is 0 Å². The minimum atomic E-state index is -1.06. The molecule has 4 nitrogen and oxygen atoms in total. The second-order valence-corrected chi connectivity index (χ2v) is 2.14. The van der Waals surface area contributed by atoms with Crippen LogP contribution in [0.25, 0.3) is 0 Å². The summed E-state index contributed by atoms with van der Waals surface area (Å²) >= 11 is 3.73. The van der Waals surface area contributed by atoms with Gasteiger partial charge in [0, 0.05) is 29.7 Å². The molecule has 2 N–H and O–H groups in total. The molecule has 0 aliphatic rings. The molecule has 0 spiro atoms. The standard InChI is InChI=1S/C5H9NO3S.Mn/c1-3(7)6-4(2-10)5(8)9;/h4,10H,2H2,1H3,(H,6,7)(H,8,9);/t4-;/m0./s1. The molecule has 6 heteroatoms. The predicted molar refractivity (Wildman–Crippen MR) is 39.1 cm³/mol. The Labute approximate surface area is 80.6 Å². The van der Waals surface area contributed by atoms with Crippen LogP contribution < -0.4 is 5.32 Å². The number of hydrogen-bond acceptors (Lipinski definition) is 3. The molecular weight excluding hydrogens is 209 g/mol. The Hall–Kier alpha value is -0.191. The fraction of sp³-hybridized carbons (Fsp3) is 0.600. The third kappa shape index (κ3) is 6.22. The van der Waals surface area contributed by atoms with Crippen LogP contribution in [-0.2, 0) is 26.7 Å². The van der Waals surface area contributed by atoms with E-state index in [1.54, 1.807) is 0 Å². The summed E-state index contributed by atoms with van der Waals surface area (Å²) in [4.78, 5) is 20.5. The van der Waals surface area contributed by atoms with E-state index in [0.29, 0.717) is 0 Å². The first kappa shape index (κ1) is 13.4. The van der Waals surface area contributed by atoms with E-state index in [1.807, 2.05) is 0 Å². The number of carboxylic acids is 1. The van der Waals surface area contributed by atoms with Crippen molar-refractivity contribution in [2.24, 2.45) is 0 Å². The molecule has 0 aromatic rings. The number of aliphatic carboxylic acids is 1. The van der Waals surface area contributed by atoms with Crippen molar-refractivity contribution in [1.82, 2.24) is 5.32 Å². The summed E-state index contributed by atoms with van der Waals surface area (Å²) < 4.78 is 0. The van der Waals surface area contributed by atoms with Gasteiger partial charge in [-0.25, -0.2) is 4.79 Å². The second kappa shape index (κ2) is 6.52. The molecule has 0 saturated carbocycles. The number of thiol groups is 1. The van der Waals surface area contributed by atoms with Gasteiger partial charge in [0.2, 0.25) is 5.91 Å². The summed E-state index contributed by atoms with van der Waals surface area (Å²) in [7, 11) is 0. The van der Waals surface area contributed by atoms with Crippen LogP contribution >= 0.6 is 12.6 Å². The Bertz CT molecular complexity index is 153. The molecule has 0 unspecified atom stereocenters. The Morgan fingerprint density at radius 2 is 2.09 bits per heavy atom. The van der Waals surface area contributed by atoms with E-state index in [9.17, 15) is 9.59 Å². The molecule has 0 aromatic heterocycles. The van der Waals surface area contributed by atoms with Crippen LogP contribution in [0, 0.1) is 0 Å². The van der Waals surface area contributed by atoms with E-state index >= 15 is 0 Å². The SMILES string of the molecule is CC(=O)N[C@@H](CS)C(=O)O.[Mn]. The molecule has 1 radical (unpaired) electrons. The number of rotatable bonds is 3. The Morgan fingerprint density at radius 1 is 1.64 bits per heavy atom. The average Bonchev–Trinajstić information content (AvgIpc) is 1.81. The zero-order valence-electron chi connectivity index (χ0n) is 5.87. The van der Waals surface area contributed by atoms with E-state index in [2.05, 4.69) is 17.9 Å². The molecule has 0 bridgehead atoms. The quantitative estimate of drug-likeness (QED) is 0.442. The first-order valence-corrected chi connectivity index (χ1v) is 3.32. The van der Waals surface area contributed by atoms with Crippen LogP contribution in [-0.4, -0.2) is 28.8 Å². The zero-order valence-corrected chi connectivity index (χ0v) is 7.95. The summed E-state index contributed by atoms with van der Waals surface area (Å²) in [5, 5.41) is 10.6. The molecule has 0 saturated heterocycles. The van der Waals surface area contributed by atoms with E-state index in [-0.39, 0.29) is 28.7 Å². The van der Waals surface area contributed by atoms with Gasteiger partial charge < -0.3 is 10.4 Å². The summed E-state index contributed by atoms with van der Waals surface area (Å²) in [5.74, 6) is -1.32. The summed E-state index contributed by atoms with van der Waals surface area (Å²) in [6, 6.07) is -0.874. The van der Waals surface area contributed by atoms with Gasteiger partial charge in [-0.3, -0.25) is 4.79 Å². The van der Waals surface area contributed by atoms with Gasteiger partial charge in [-0.05, 0) is 0 Å². The first-order valence-electron chi connectivity index (χ1n) is 2.68. The number of nitrogens with one attached hydrogen (secondary N) is 1. The van der Waals surface area contributed by atoms with Crippen LogP contribution in [0.4, 0.5) is 0 Å². The molecule has 0 aliphatic heterocycles. The minimum Gasteiger partial charge on any atom is -0.480 e. The smallest absolute Gasteiger partial charge is 0.327 e. The van der Waals surface area contributed by atoms with Crippen LogP contribution in [0.15, 0.2) is 0 Å². The van der Waals surface area contributed by atoms with Crippen molar-refractivity contribution < 1.29 is 31.8 Å². The molecule has 11 heavy (non-hydrogen) atoms. The summed E-state index contributed by atoms with van der Waals surface area (Å²) in [5.41, 5.74) is 0. The molecule has 0 heterocycles. The van der Waals surface area contributed by atoms with Gasteiger partial charge in [-0.1, -0.05) is 0 Å². The molecular formula is C5H9MnNO3S. The normalized spacial score (nSPS) is 11.1. The van der Waals surface area contributed by atoms with E-state index in [4.69, 9.17) is 5.11 Å². The Kier molecular flexibility index (Phi) is 7.94. The maximum Gasteiger partial charge on any atom is 0.327 e. The van der Waals surface area contributed by atoms with Crippen LogP contribution in [0.1, 0.15) is 6.92 Å². The maximum atomic E-state index is 10.3. The molecule has 0 fully saturated rings. The molecule has 1 amide bonds. The first-order chi connectivity index (χ1) is 4.57. The van der Waals surface area contributed by atoms with Crippen molar-refractivity contribution in [2.45, 2.75) is 13.0 Å². The minimum absolute atomic E-state index is 0. The molecule has 0 aliphatic carbocycles. The Morgan fingerprint density at radius 3 is 2.18 bits per heavy atom. The molecule has 0 aromatic carbocycles. The molecule has 0 rings (SSSR count). The third-order valence-electron chi connectivity index (χ3n) is 0.858. The number of amides is 1. The third-order valence-corrected chi connectivity index (χ3v) is 1.22. The fourth-order valence-corrected chi connectivity index (χ4v) is 0.678.